The summed E-state index contributed by atoms with van der Waals surface area (Å²) in [4.78, 5) is 22.1. The third kappa shape index (κ3) is 2.44. The minimum Gasteiger partial charge on any atom is -0.497 e. The van der Waals surface area contributed by atoms with Gasteiger partial charge in [-0.05, 0) is 23.8 Å². The molecule has 1 amide bonds. The van der Waals surface area contributed by atoms with Gasteiger partial charge in [0.1, 0.15) is 11.4 Å². The van der Waals surface area contributed by atoms with Crippen molar-refractivity contribution in [1.82, 2.24) is 25.1 Å². The Morgan fingerprint density at radius 2 is 2.12 bits per heavy atom. The van der Waals surface area contributed by atoms with Gasteiger partial charge in [-0.1, -0.05) is 12.1 Å². The van der Waals surface area contributed by atoms with Crippen LogP contribution in [0.1, 0.15) is 33.4 Å². The Morgan fingerprint density at radius 3 is 2.83 bits per heavy atom. The number of ether oxygens (including phenoxy) is 1. The Morgan fingerprint density at radius 1 is 1.29 bits per heavy atom. The normalized spacial score (nSPS) is 16.7. The van der Waals surface area contributed by atoms with E-state index in [4.69, 9.17) is 4.74 Å². The number of carbonyl (C=O) groups is 1. The number of nitrogens with one attached hydrogen (secondary N) is 2. The lowest BCUT2D eigenvalue weighted by atomic mass is 9.90. The zero-order valence-electron chi connectivity index (χ0n) is 13.2. The molecule has 0 radical (unpaired) electrons. The first-order valence-electron chi connectivity index (χ1n) is 7.71. The van der Waals surface area contributed by atoms with E-state index in [0.29, 0.717) is 18.8 Å². The maximum Gasteiger partial charge on any atom is 0.272 e. The van der Waals surface area contributed by atoms with E-state index in [2.05, 4.69) is 20.2 Å². The zero-order chi connectivity index (χ0) is 16.5. The van der Waals surface area contributed by atoms with Gasteiger partial charge in [-0.2, -0.15) is 5.10 Å². The molecule has 7 heteroatoms. The molecule has 24 heavy (non-hydrogen) atoms. The number of H-pyrrole nitrogens is 2. The van der Waals surface area contributed by atoms with Gasteiger partial charge in [-0.3, -0.25) is 9.89 Å². The van der Waals surface area contributed by atoms with Gasteiger partial charge in [0.2, 0.25) is 0 Å². The molecule has 1 atom stereocenters. The summed E-state index contributed by atoms with van der Waals surface area (Å²) in [6.45, 7) is 1.09. The van der Waals surface area contributed by atoms with Gasteiger partial charge < -0.3 is 14.6 Å². The third-order valence-corrected chi connectivity index (χ3v) is 4.37. The van der Waals surface area contributed by atoms with Gasteiger partial charge in [-0.15, -0.1) is 0 Å². The van der Waals surface area contributed by atoms with Crippen LogP contribution in [0.25, 0.3) is 0 Å². The quantitative estimate of drug-likeness (QED) is 0.771. The number of aromatic nitrogens is 4. The van der Waals surface area contributed by atoms with Gasteiger partial charge in [0.25, 0.3) is 5.91 Å². The first-order chi connectivity index (χ1) is 11.8. The number of fused-ring (bicyclic) bond motifs is 1. The lowest BCUT2D eigenvalue weighted by Gasteiger charge is -2.32. The van der Waals surface area contributed by atoms with Crippen molar-refractivity contribution in [2.24, 2.45) is 0 Å². The second-order valence-corrected chi connectivity index (χ2v) is 5.75. The van der Waals surface area contributed by atoms with Crippen LogP contribution in [0.2, 0.25) is 0 Å². The van der Waals surface area contributed by atoms with E-state index in [-0.39, 0.29) is 11.8 Å². The molecule has 2 N–H and O–H groups in total. The minimum atomic E-state index is -0.0636. The summed E-state index contributed by atoms with van der Waals surface area (Å²) < 4.78 is 5.22. The smallest absolute Gasteiger partial charge is 0.272 e. The van der Waals surface area contributed by atoms with Gasteiger partial charge in [0.15, 0.2) is 0 Å². The second-order valence-electron chi connectivity index (χ2n) is 5.75. The fraction of sp³-hybridized carbons (Fsp3) is 0.235. The third-order valence-electron chi connectivity index (χ3n) is 4.37. The molecule has 1 aliphatic rings. The summed E-state index contributed by atoms with van der Waals surface area (Å²) >= 11 is 0. The fourth-order valence-electron chi connectivity index (χ4n) is 3.12. The molecule has 3 heterocycles. The molecule has 0 saturated heterocycles. The molecule has 4 rings (SSSR count). The molecule has 0 aliphatic carbocycles. The number of amides is 1. The highest BCUT2D eigenvalue weighted by Gasteiger charge is 2.32. The Hall–Kier alpha value is -3.09. The number of carbonyl (C=O) groups excluding carboxylic acids is 1. The molecular weight excluding hydrogens is 306 g/mol. The Kier molecular flexibility index (Phi) is 3.53. The number of benzene rings is 1. The molecule has 1 aliphatic heterocycles. The summed E-state index contributed by atoms with van der Waals surface area (Å²) in [5, 5.41) is 6.60. The predicted molar refractivity (Wildman–Crippen MR) is 86.8 cm³/mol. The molecule has 1 aromatic carbocycles. The highest BCUT2D eigenvalue weighted by molar-refractivity contribution is 5.92. The molecular formula is C17H17N5O2. The molecule has 7 nitrogen and oxygen atoms in total. The van der Waals surface area contributed by atoms with E-state index in [9.17, 15) is 4.79 Å². The van der Waals surface area contributed by atoms with Crippen molar-refractivity contribution in [3.63, 3.8) is 0 Å². The number of aromatic amines is 2. The molecule has 0 spiro atoms. The van der Waals surface area contributed by atoms with Crippen LogP contribution in [0.5, 0.6) is 5.75 Å². The van der Waals surface area contributed by atoms with Crippen molar-refractivity contribution in [2.75, 3.05) is 13.7 Å². The molecule has 1 unspecified atom stereocenters. The fourth-order valence-corrected chi connectivity index (χ4v) is 3.12. The number of rotatable bonds is 3. The molecule has 0 fully saturated rings. The monoisotopic (exact) mass is 323 g/mol. The van der Waals surface area contributed by atoms with Crippen molar-refractivity contribution in [3.05, 3.63) is 65.5 Å². The topological polar surface area (TPSA) is 86.9 Å². The van der Waals surface area contributed by atoms with Gasteiger partial charge in [0.05, 0.1) is 31.4 Å². The van der Waals surface area contributed by atoms with Crippen molar-refractivity contribution < 1.29 is 9.53 Å². The van der Waals surface area contributed by atoms with Crippen molar-refractivity contribution in [2.45, 2.75) is 12.5 Å². The van der Waals surface area contributed by atoms with Crippen LogP contribution in [0.3, 0.4) is 0 Å². The maximum absolute atomic E-state index is 12.7. The average Bonchev–Trinajstić information content (AvgIpc) is 3.31. The summed E-state index contributed by atoms with van der Waals surface area (Å²) in [6, 6.07) is 9.58. The SMILES string of the molecule is COc1ccc(C2CN(C(=O)c3ccn[nH]3)Cc3[nH]cnc32)cc1. The van der Waals surface area contributed by atoms with Gasteiger partial charge in [-0.25, -0.2) is 4.98 Å². The standard InChI is InChI=1S/C17H17N5O2/c1-24-12-4-2-11(3-5-12)13-8-22(9-15-16(13)19-10-18-15)17(23)14-6-7-20-21-14/h2-7,10,13H,8-9H2,1H3,(H,18,19)(H,20,21). The molecule has 3 aromatic rings. The Labute approximate surface area is 138 Å². The van der Waals surface area contributed by atoms with Crippen LogP contribution in [-0.4, -0.2) is 44.6 Å². The van der Waals surface area contributed by atoms with E-state index in [1.165, 1.54) is 0 Å². The number of hydrogen-bond acceptors (Lipinski definition) is 4. The lowest BCUT2D eigenvalue weighted by Crippen LogP contribution is -2.39. The first kappa shape index (κ1) is 14.5. The van der Waals surface area contributed by atoms with Crippen LogP contribution in [0.4, 0.5) is 0 Å². The highest BCUT2D eigenvalue weighted by atomic mass is 16.5. The van der Waals surface area contributed by atoms with E-state index in [1.54, 1.807) is 25.7 Å². The number of hydrogen-bond donors (Lipinski definition) is 2. The molecule has 0 saturated carbocycles. The first-order valence-corrected chi connectivity index (χ1v) is 7.71. The van der Waals surface area contributed by atoms with E-state index < -0.39 is 0 Å². The molecule has 122 valence electrons. The van der Waals surface area contributed by atoms with Crippen LogP contribution in [-0.2, 0) is 6.54 Å². The van der Waals surface area contributed by atoms with Crippen LogP contribution < -0.4 is 4.74 Å². The van der Waals surface area contributed by atoms with Gasteiger partial charge >= 0.3 is 0 Å². The van der Waals surface area contributed by atoms with E-state index >= 15 is 0 Å². The second kappa shape index (κ2) is 5.84. The number of imidazole rings is 1. The molecule has 2 aromatic heterocycles. The average molecular weight is 323 g/mol. The molecule has 0 bridgehead atoms. The van der Waals surface area contributed by atoms with Crippen LogP contribution in [0.15, 0.2) is 42.9 Å². The van der Waals surface area contributed by atoms with E-state index in [0.717, 1.165) is 22.7 Å². The largest absolute Gasteiger partial charge is 0.497 e. The summed E-state index contributed by atoms with van der Waals surface area (Å²) in [7, 11) is 1.65. The number of nitrogens with zero attached hydrogens (tertiary/aromatic N) is 3. The van der Waals surface area contributed by atoms with Gasteiger partial charge in [0, 0.05) is 18.7 Å². The zero-order valence-corrected chi connectivity index (χ0v) is 13.2. The van der Waals surface area contributed by atoms with Crippen LogP contribution >= 0.6 is 0 Å². The number of methoxy groups -OCH3 is 1. The summed E-state index contributed by atoms with van der Waals surface area (Å²) in [5.74, 6) is 0.770. The minimum absolute atomic E-state index is 0.0257. The van der Waals surface area contributed by atoms with Crippen molar-refractivity contribution >= 4 is 5.91 Å². The summed E-state index contributed by atoms with van der Waals surface area (Å²) in [5.41, 5.74) is 3.56. The summed E-state index contributed by atoms with van der Waals surface area (Å²) in [6.07, 6.45) is 3.27. The lowest BCUT2D eigenvalue weighted by molar-refractivity contribution is 0.0716. The van der Waals surface area contributed by atoms with Crippen molar-refractivity contribution in [3.8, 4) is 5.75 Å². The van der Waals surface area contributed by atoms with Crippen molar-refractivity contribution in [1.29, 1.82) is 0 Å². The maximum atomic E-state index is 12.7. The van der Waals surface area contributed by atoms with E-state index in [1.807, 2.05) is 29.2 Å². The Balaban J connectivity index is 1.67. The Bertz CT molecular complexity index is 838. The highest BCUT2D eigenvalue weighted by Crippen LogP contribution is 2.32. The van der Waals surface area contributed by atoms with Crippen LogP contribution in [0, 0.1) is 0 Å². The predicted octanol–water partition coefficient (Wildman–Crippen LogP) is 1.93.